The summed E-state index contributed by atoms with van der Waals surface area (Å²) in [6.45, 7) is 0. The summed E-state index contributed by atoms with van der Waals surface area (Å²) in [7, 11) is 0. The van der Waals surface area contributed by atoms with E-state index in [2.05, 4.69) is 10.3 Å². The predicted molar refractivity (Wildman–Crippen MR) is 77.4 cm³/mol. The van der Waals surface area contributed by atoms with Gasteiger partial charge in [-0.3, -0.25) is 4.79 Å². The van der Waals surface area contributed by atoms with Crippen molar-refractivity contribution in [1.82, 2.24) is 4.98 Å². The lowest BCUT2D eigenvalue weighted by Crippen LogP contribution is -2.12. The Bertz CT molecular complexity index is 810. The highest BCUT2D eigenvalue weighted by atomic mass is 16.1. The van der Waals surface area contributed by atoms with E-state index in [9.17, 15) is 4.79 Å². The van der Waals surface area contributed by atoms with Crippen LogP contribution in [0.4, 0.5) is 5.69 Å². The van der Waals surface area contributed by atoms with Gasteiger partial charge in [-0.1, -0.05) is 6.07 Å². The highest BCUT2D eigenvalue weighted by Gasteiger charge is 2.10. The fraction of sp³-hybridized carbons (Fsp3) is 0. The van der Waals surface area contributed by atoms with Gasteiger partial charge in [0.25, 0.3) is 5.91 Å². The van der Waals surface area contributed by atoms with Crippen molar-refractivity contribution < 1.29 is 4.79 Å². The third-order valence-electron chi connectivity index (χ3n) is 3.11. The van der Waals surface area contributed by atoms with Gasteiger partial charge in [-0.25, -0.2) is 0 Å². The van der Waals surface area contributed by atoms with E-state index in [1.807, 2.05) is 30.5 Å². The normalized spacial score (nSPS) is 10.2. The maximum absolute atomic E-state index is 12.3. The summed E-state index contributed by atoms with van der Waals surface area (Å²) in [6.07, 6.45) is 1.81. The van der Waals surface area contributed by atoms with E-state index in [0.29, 0.717) is 16.8 Å². The maximum atomic E-state index is 12.3. The first kappa shape index (κ1) is 12.0. The third kappa shape index (κ3) is 2.13. The second-order valence-corrected chi connectivity index (χ2v) is 4.39. The molecule has 20 heavy (non-hydrogen) atoms. The van der Waals surface area contributed by atoms with Crippen molar-refractivity contribution in [3.05, 3.63) is 65.9 Å². The summed E-state index contributed by atoms with van der Waals surface area (Å²) in [6, 6.07) is 16.3. The molecule has 1 aromatic heterocycles. The summed E-state index contributed by atoms with van der Waals surface area (Å²) in [5.74, 6) is -0.167. The molecule has 0 bridgehead atoms. The van der Waals surface area contributed by atoms with Crippen LogP contribution >= 0.6 is 0 Å². The molecule has 0 aliphatic heterocycles. The monoisotopic (exact) mass is 261 g/mol. The molecular formula is C16H11N3O. The van der Waals surface area contributed by atoms with Crippen molar-refractivity contribution in [1.29, 1.82) is 5.26 Å². The Balaban J connectivity index is 1.89. The number of benzene rings is 2. The van der Waals surface area contributed by atoms with Crippen LogP contribution in [0.25, 0.3) is 10.9 Å². The fourth-order valence-electron chi connectivity index (χ4n) is 2.11. The molecule has 96 valence electrons. The van der Waals surface area contributed by atoms with E-state index in [1.54, 1.807) is 30.3 Å². The number of rotatable bonds is 2. The number of aromatic amines is 1. The van der Waals surface area contributed by atoms with Crippen LogP contribution in [-0.2, 0) is 0 Å². The average molecular weight is 261 g/mol. The minimum atomic E-state index is -0.167. The van der Waals surface area contributed by atoms with Crippen molar-refractivity contribution in [2.24, 2.45) is 0 Å². The van der Waals surface area contributed by atoms with E-state index >= 15 is 0 Å². The van der Waals surface area contributed by atoms with Crippen LogP contribution in [0.15, 0.2) is 54.7 Å². The molecular weight excluding hydrogens is 250 g/mol. The van der Waals surface area contributed by atoms with E-state index in [1.165, 1.54) is 0 Å². The van der Waals surface area contributed by atoms with Gasteiger partial charge in [-0.15, -0.1) is 0 Å². The number of carbonyl (C=O) groups excluding carboxylic acids is 1. The first-order chi connectivity index (χ1) is 9.78. The van der Waals surface area contributed by atoms with E-state index in [0.717, 1.165) is 10.9 Å². The Kier molecular flexibility index (Phi) is 2.94. The van der Waals surface area contributed by atoms with Crippen LogP contribution in [-0.4, -0.2) is 10.9 Å². The summed E-state index contributed by atoms with van der Waals surface area (Å²) in [5, 5.41) is 12.5. The highest BCUT2D eigenvalue weighted by molar-refractivity contribution is 6.12. The topological polar surface area (TPSA) is 68.7 Å². The summed E-state index contributed by atoms with van der Waals surface area (Å²) in [4.78, 5) is 15.4. The van der Waals surface area contributed by atoms with Gasteiger partial charge in [0.15, 0.2) is 0 Å². The molecule has 0 saturated heterocycles. The van der Waals surface area contributed by atoms with Gasteiger partial charge in [0.05, 0.1) is 11.6 Å². The number of hydrogen-bond acceptors (Lipinski definition) is 2. The maximum Gasteiger partial charge on any atom is 0.256 e. The zero-order valence-electron chi connectivity index (χ0n) is 10.6. The molecule has 4 nitrogen and oxygen atoms in total. The molecule has 0 saturated carbocycles. The lowest BCUT2D eigenvalue weighted by molar-refractivity contribution is 0.102. The van der Waals surface area contributed by atoms with Crippen LogP contribution in [0.3, 0.4) is 0 Å². The number of carbonyl (C=O) groups is 1. The van der Waals surface area contributed by atoms with Gasteiger partial charge in [0.2, 0.25) is 0 Å². The smallest absolute Gasteiger partial charge is 0.256 e. The average Bonchev–Trinajstić information content (AvgIpc) is 2.96. The molecule has 4 heteroatoms. The molecule has 1 amide bonds. The second-order valence-electron chi connectivity index (χ2n) is 4.39. The molecule has 0 radical (unpaired) electrons. The molecule has 2 aromatic carbocycles. The molecule has 2 N–H and O–H groups in total. The standard InChI is InChI=1S/C16H11N3O/c17-10-11-4-6-12(7-5-11)19-16(20)14-2-1-3-15-13(14)8-9-18-15/h1-9,18H,(H,19,20). The lowest BCUT2D eigenvalue weighted by atomic mass is 10.1. The van der Waals surface area contributed by atoms with Crippen molar-refractivity contribution in [2.75, 3.05) is 5.32 Å². The predicted octanol–water partition coefficient (Wildman–Crippen LogP) is 3.29. The van der Waals surface area contributed by atoms with Gasteiger partial charge in [-0.2, -0.15) is 5.26 Å². The molecule has 0 fully saturated rings. The largest absolute Gasteiger partial charge is 0.361 e. The number of nitrogens with zero attached hydrogens (tertiary/aromatic N) is 1. The zero-order valence-corrected chi connectivity index (χ0v) is 10.6. The first-order valence-corrected chi connectivity index (χ1v) is 6.15. The van der Waals surface area contributed by atoms with E-state index in [-0.39, 0.29) is 5.91 Å². The van der Waals surface area contributed by atoms with Crippen molar-refractivity contribution in [3.63, 3.8) is 0 Å². The Morgan fingerprint density at radius 1 is 1.10 bits per heavy atom. The zero-order chi connectivity index (χ0) is 13.9. The van der Waals surface area contributed by atoms with Gasteiger partial charge in [-0.05, 0) is 42.5 Å². The molecule has 0 unspecified atom stereocenters. The number of nitriles is 1. The Morgan fingerprint density at radius 3 is 2.65 bits per heavy atom. The molecule has 1 heterocycles. The molecule has 3 aromatic rings. The number of amides is 1. The van der Waals surface area contributed by atoms with Crippen molar-refractivity contribution in [2.45, 2.75) is 0 Å². The van der Waals surface area contributed by atoms with Gasteiger partial charge in [0.1, 0.15) is 0 Å². The molecule has 3 rings (SSSR count). The summed E-state index contributed by atoms with van der Waals surface area (Å²) < 4.78 is 0. The number of H-pyrrole nitrogens is 1. The summed E-state index contributed by atoms with van der Waals surface area (Å²) in [5.41, 5.74) is 2.78. The lowest BCUT2D eigenvalue weighted by Gasteiger charge is -2.06. The molecule has 0 atom stereocenters. The third-order valence-corrected chi connectivity index (χ3v) is 3.11. The number of fused-ring (bicyclic) bond motifs is 1. The van der Waals surface area contributed by atoms with Crippen LogP contribution in [0.1, 0.15) is 15.9 Å². The summed E-state index contributed by atoms with van der Waals surface area (Å²) >= 11 is 0. The van der Waals surface area contributed by atoms with Gasteiger partial charge < -0.3 is 10.3 Å². The SMILES string of the molecule is N#Cc1ccc(NC(=O)c2cccc3[nH]ccc23)cc1. The van der Waals surface area contributed by atoms with Crippen LogP contribution in [0.5, 0.6) is 0 Å². The first-order valence-electron chi connectivity index (χ1n) is 6.15. The highest BCUT2D eigenvalue weighted by Crippen LogP contribution is 2.19. The van der Waals surface area contributed by atoms with E-state index in [4.69, 9.17) is 5.26 Å². The molecule has 0 spiro atoms. The number of hydrogen-bond donors (Lipinski definition) is 2. The minimum absolute atomic E-state index is 0.167. The van der Waals surface area contributed by atoms with E-state index < -0.39 is 0 Å². The van der Waals surface area contributed by atoms with Crippen molar-refractivity contribution in [3.8, 4) is 6.07 Å². The number of anilines is 1. The van der Waals surface area contributed by atoms with Crippen LogP contribution < -0.4 is 5.32 Å². The van der Waals surface area contributed by atoms with Crippen LogP contribution in [0, 0.1) is 11.3 Å². The molecule has 0 aliphatic carbocycles. The van der Waals surface area contributed by atoms with Crippen LogP contribution in [0.2, 0.25) is 0 Å². The van der Waals surface area contributed by atoms with Gasteiger partial charge in [0, 0.05) is 28.4 Å². The molecule has 0 aliphatic rings. The number of aromatic nitrogens is 1. The minimum Gasteiger partial charge on any atom is -0.361 e. The Hall–Kier alpha value is -3.06. The van der Waals surface area contributed by atoms with Gasteiger partial charge >= 0.3 is 0 Å². The fourth-order valence-corrected chi connectivity index (χ4v) is 2.11. The number of nitrogens with one attached hydrogen (secondary N) is 2. The Labute approximate surface area is 115 Å². The Morgan fingerprint density at radius 2 is 1.90 bits per heavy atom. The quantitative estimate of drug-likeness (QED) is 0.743. The second kappa shape index (κ2) is 4.90. The van der Waals surface area contributed by atoms with Crippen molar-refractivity contribution >= 4 is 22.5 Å².